The summed E-state index contributed by atoms with van der Waals surface area (Å²) in [6.07, 6.45) is 0. The van der Waals surface area contributed by atoms with Crippen LogP contribution in [-0.4, -0.2) is 36.6 Å². The first-order valence-electron chi connectivity index (χ1n) is 5.45. The topological polar surface area (TPSA) is 75.5 Å². The summed E-state index contributed by atoms with van der Waals surface area (Å²) in [6.45, 7) is 0.783. The number of likely N-dealkylation sites (N-methyl/N-ethyl adjacent to an activating group) is 1. The van der Waals surface area contributed by atoms with Crippen LogP contribution in [0.25, 0.3) is 11.1 Å². The van der Waals surface area contributed by atoms with Gasteiger partial charge in [-0.3, -0.25) is 14.7 Å². The van der Waals surface area contributed by atoms with Crippen LogP contribution >= 0.6 is 0 Å². The minimum Gasteiger partial charge on any atom is -0.468 e. The van der Waals surface area contributed by atoms with E-state index in [0.29, 0.717) is 17.6 Å². The molecule has 0 fully saturated rings. The van der Waals surface area contributed by atoms with Crippen LogP contribution in [0.3, 0.4) is 0 Å². The van der Waals surface area contributed by atoms with Gasteiger partial charge in [-0.25, -0.2) is 4.79 Å². The number of nitrogens with zero attached hydrogens (tertiary/aromatic N) is 1. The Balaban J connectivity index is 2.11. The SMILES string of the molecule is COC(=O)CN(C)Cc1ccc2[nH]c(=O)oc2c1. The number of fused-ring (bicyclic) bond motifs is 1. The largest absolute Gasteiger partial charge is 0.468 e. The van der Waals surface area contributed by atoms with E-state index in [0.717, 1.165) is 5.56 Å². The number of aromatic nitrogens is 1. The highest BCUT2D eigenvalue weighted by Crippen LogP contribution is 2.13. The molecule has 0 amide bonds. The van der Waals surface area contributed by atoms with Gasteiger partial charge >= 0.3 is 11.7 Å². The van der Waals surface area contributed by atoms with Crippen molar-refractivity contribution < 1.29 is 13.9 Å². The van der Waals surface area contributed by atoms with E-state index in [9.17, 15) is 9.59 Å². The zero-order valence-corrected chi connectivity index (χ0v) is 10.2. The summed E-state index contributed by atoms with van der Waals surface area (Å²) in [7, 11) is 3.17. The molecule has 0 atom stereocenters. The fourth-order valence-corrected chi connectivity index (χ4v) is 1.74. The average Bonchev–Trinajstić information content (AvgIpc) is 2.68. The fraction of sp³-hybridized carbons (Fsp3) is 0.333. The predicted octanol–water partition coefficient (Wildman–Crippen LogP) is 0.726. The highest BCUT2D eigenvalue weighted by atomic mass is 16.5. The van der Waals surface area contributed by atoms with Gasteiger partial charge in [-0.05, 0) is 24.7 Å². The molecule has 1 aromatic heterocycles. The van der Waals surface area contributed by atoms with E-state index in [2.05, 4.69) is 9.72 Å². The second-order valence-corrected chi connectivity index (χ2v) is 4.09. The van der Waals surface area contributed by atoms with Crippen LogP contribution in [0, 0.1) is 0 Å². The van der Waals surface area contributed by atoms with Crippen molar-refractivity contribution in [2.75, 3.05) is 20.7 Å². The summed E-state index contributed by atoms with van der Waals surface area (Å²) in [5.74, 6) is -0.753. The van der Waals surface area contributed by atoms with Crippen molar-refractivity contribution in [3.63, 3.8) is 0 Å². The molecular weight excluding hydrogens is 236 g/mol. The van der Waals surface area contributed by atoms with Gasteiger partial charge in [0.2, 0.25) is 0 Å². The van der Waals surface area contributed by atoms with Crippen LogP contribution in [0.2, 0.25) is 0 Å². The van der Waals surface area contributed by atoms with Gasteiger partial charge in [-0.2, -0.15) is 0 Å². The molecule has 0 aliphatic carbocycles. The van der Waals surface area contributed by atoms with E-state index in [-0.39, 0.29) is 12.5 Å². The molecule has 2 aromatic rings. The standard InChI is InChI=1S/C12H14N2O4/c1-14(7-11(15)17-2)6-8-3-4-9-10(5-8)18-12(16)13-9/h3-5H,6-7H2,1-2H3,(H,13,16). The lowest BCUT2D eigenvalue weighted by molar-refractivity contribution is -0.141. The van der Waals surface area contributed by atoms with Crippen LogP contribution in [0.1, 0.15) is 5.56 Å². The van der Waals surface area contributed by atoms with Crippen molar-refractivity contribution in [3.8, 4) is 0 Å². The van der Waals surface area contributed by atoms with E-state index in [1.54, 1.807) is 12.1 Å². The van der Waals surface area contributed by atoms with E-state index in [4.69, 9.17) is 4.42 Å². The van der Waals surface area contributed by atoms with Crippen molar-refractivity contribution in [1.29, 1.82) is 0 Å². The summed E-state index contributed by atoms with van der Waals surface area (Å²) >= 11 is 0. The van der Waals surface area contributed by atoms with Gasteiger partial charge in [0, 0.05) is 6.54 Å². The third-order valence-corrected chi connectivity index (χ3v) is 2.56. The Morgan fingerprint density at radius 3 is 3.00 bits per heavy atom. The van der Waals surface area contributed by atoms with E-state index >= 15 is 0 Å². The number of H-pyrrole nitrogens is 1. The second-order valence-electron chi connectivity index (χ2n) is 4.09. The Kier molecular flexibility index (Phi) is 3.47. The first-order valence-corrected chi connectivity index (χ1v) is 5.45. The zero-order chi connectivity index (χ0) is 13.1. The molecule has 18 heavy (non-hydrogen) atoms. The third-order valence-electron chi connectivity index (χ3n) is 2.56. The molecule has 0 unspecified atom stereocenters. The van der Waals surface area contributed by atoms with Gasteiger partial charge < -0.3 is 9.15 Å². The number of rotatable bonds is 4. The third kappa shape index (κ3) is 2.78. The minimum absolute atomic E-state index is 0.214. The first-order chi connectivity index (χ1) is 8.58. The maximum atomic E-state index is 11.1. The molecule has 0 aliphatic rings. The van der Waals surface area contributed by atoms with Crippen molar-refractivity contribution in [2.45, 2.75) is 6.54 Å². The molecule has 1 aromatic carbocycles. The van der Waals surface area contributed by atoms with Gasteiger partial charge in [0.15, 0.2) is 5.58 Å². The van der Waals surface area contributed by atoms with Crippen molar-refractivity contribution in [1.82, 2.24) is 9.88 Å². The fourth-order valence-electron chi connectivity index (χ4n) is 1.74. The van der Waals surface area contributed by atoms with Crippen LogP contribution in [-0.2, 0) is 16.1 Å². The molecule has 1 N–H and O–H groups in total. The average molecular weight is 250 g/mol. The molecular formula is C12H14N2O4. The number of methoxy groups -OCH3 is 1. The number of nitrogens with one attached hydrogen (secondary N) is 1. The monoisotopic (exact) mass is 250 g/mol. The van der Waals surface area contributed by atoms with Crippen molar-refractivity contribution in [2.24, 2.45) is 0 Å². The molecule has 2 rings (SSSR count). The van der Waals surface area contributed by atoms with Gasteiger partial charge in [0.1, 0.15) is 0 Å². The number of carbonyl (C=O) groups is 1. The van der Waals surface area contributed by atoms with E-state index < -0.39 is 5.76 Å². The van der Waals surface area contributed by atoms with Crippen LogP contribution in [0.4, 0.5) is 0 Å². The van der Waals surface area contributed by atoms with Crippen LogP contribution in [0.15, 0.2) is 27.4 Å². The van der Waals surface area contributed by atoms with Gasteiger partial charge in [0.25, 0.3) is 0 Å². The lowest BCUT2D eigenvalue weighted by Gasteiger charge is -2.14. The summed E-state index contributed by atoms with van der Waals surface area (Å²) in [5.41, 5.74) is 2.14. The Bertz CT molecular complexity index is 614. The quantitative estimate of drug-likeness (QED) is 0.809. The Labute approximate surface area is 103 Å². The van der Waals surface area contributed by atoms with Crippen LogP contribution < -0.4 is 5.76 Å². The summed E-state index contributed by atoms with van der Waals surface area (Å²) in [5, 5.41) is 0. The molecule has 0 bridgehead atoms. The summed E-state index contributed by atoms with van der Waals surface area (Å²) in [6, 6.07) is 5.43. The molecule has 6 heteroatoms. The zero-order valence-electron chi connectivity index (χ0n) is 10.2. The molecule has 96 valence electrons. The Morgan fingerprint density at radius 1 is 1.50 bits per heavy atom. The maximum Gasteiger partial charge on any atom is 0.417 e. The van der Waals surface area contributed by atoms with Gasteiger partial charge in [-0.15, -0.1) is 0 Å². The van der Waals surface area contributed by atoms with Gasteiger partial charge in [0.05, 0.1) is 19.2 Å². The molecule has 0 saturated carbocycles. The van der Waals surface area contributed by atoms with Crippen molar-refractivity contribution in [3.05, 3.63) is 34.3 Å². The normalized spacial score (nSPS) is 11.1. The number of aromatic amines is 1. The Morgan fingerprint density at radius 2 is 2.28 bits per heavy atom. The molecule has 6 nitrogen and oxygen atoms in total. The number of hydrogen-bond donors (Lipinski definition) is 1. The molecule has 1 heterocycles. The van der Waals surface area contributed by atoms with E-state index in [1.807, 2.05) is 18.0 Å². The highest BCUT2D eigenvalue weighted by Gasteiger charge is 2.08. The first kappa shape index (κ1) is 12.4. The molecule has 0 aliphatic heterocycles. The predicted molar refractivity (Wildman–Crippen MR) is 65.2 cm³/mol. The maximum absolute atomic E-state index is 11.1. The molecule has 0 radical (unpaired) electrons. The summed E-state index contributed by atoms with van der Waals surface area (Å²) < 4.78 is 9.56. The van der Waals surface area contributed by atoms with Gasteiger partial charge in [-0.1, -0.05) is 6.07 Å². The number of carbonyl (C=O) groups excluding carboxylic acids is 1. The van der Waals surface area contributed by atoms with Crippen molar-refractivity contribution >= 4 is 17.1 Å². The minimum atomic E-state index is -0.468. The Hall–Kier alpha value is -2.08. The van der Waals surface area contributed by atoms with E-state index in [1.165, 1.54) is 7.11 Å². The number of oxazole rings is 1. The second kappa shape index (κ2) is 5.05. The molecule has 0 spiro atoms. The summed E-state index contributed by atoms with van der Waals surface area (Å²) in [4.78, 5) is 26.5. The van der Waals surface area contributed by atoms with Crippen LogP contribution in [0.5, 0.6) is 0 Å². The lowest BCUT2D eigenvalue weighted by atomic mass is 10.2. The lowest BCUT2D eigenvalue weighted by Crippen LogP contribution is -2.26. The number of benzene rings is 1. The smallest absolute Gasteiger partial charge is 0.417 e. The number of hydrogen-bond acceptors (Lipinski definition) is 5. The number of ether oxygens (including phenoxy) is 1. The number of esters is 1. The highest BCUT2D eigenvalue weighted by molar-refractivity contribution is 5.73. The molecule has 0 saturated heterocycles.